The summed E-state index contributed by atoms with van der Waals surface area (Å²) in [7, 11) is 0. The molecule has 2 aliphatic rings. The summed E-state index contributed by atoms with van der Waals surface area (Å²) in [6.07, 6.45) is 4.19. The van der Waals surface area contributed by atoms with Gasteiger partial charge in [-0.15, -0.1) is 0 Å². The quantitative estimate of drug-likeness (QED) is 0.835. The molecule has 0 aromatic carbocycles. The van der Waals surface area contributed by atoms with Crippen LogP contribution in [0.1, 0.15) is 57.6 Å². The molecule has 2 saturated heterocycles. The zero-order valence-corrected chi connectivity index (χ0v) is 16.0. The Kier molecular flexibility index (Phi) is 5.48. The van der Waals surface area contributed by atoms with Crippen molar-refractivity contribution in [1.29, 1.82) is 0 Å². The fourth-order valence-corrected chi connectivity index (χ4v) is 3.86. The maximum Gasteiger partial charge on any atom is 0.410 e. The maximum atomic E-state index is 12.4. The minimum atomic E-state index is -0.420. The first-order valence-electron chi connectivity index (χ1n) is 9.58. The molecule has 26 heavy (non-hydrogen) atoms. The topological polar surface area (TPSA) is 91.4 Å². The number of hydrogen-bond donors (Lipinski definition) is 1. The average molecular weight is 363 g/mol. The molecule has 1 N–H and O–H groups in total. The van der Waals surface area contributed by atoms with E-state index in [1.807, 2.05) is 16.7 Å². The van der Waals surface area contributed by atoms with Crippen molar-refractivity contribution < 1.29 is 14.3 Å². The molecule has 2 aliphatic heterocycles. The second-order valence-corrected chi connectivity index (χ2v) is 7.53. The number of carbonyl (C=O) groups is 2. The lowest BCUT2D eigenvalue weighted by Crippen LogP contribution is -2.49. The molecular formula is C18H29N5O3. The van der Waals surface area contributed by atoms with Crippen molar-refractivity contribution in [2.45, 2.75) is 70.9 Å². The number of nitrogens with one attached hydrogen (secondary N) is 1. The largest absolute Gasteiger partial charge is 0.441 e. The lowest BCUT2D eigenvalue weighted by Gasteiger charge is -2.37. The van der Waals surface area contributed by atoms with Crippen LogP contribution in [0.2, 0.25) is 0 Å². The fourth-order valence-electron chi connectivity index (χ4n) is 3.86. The first-order chi connectivity index (χ1) is 12.4. The first kappa shape index (κ1) is 18.7. The predicted molar refractivity (Wildman–Crippen MR) is 95.5 cm³/mol. The van der Waals surface area contributed by atoms with Crippen LogP contribution in [0.4, 0.5) is 4.79 Å². The highest BCUT2D eigenvalue weighted by Crippen LogP contribution is 2.34. The van der Waals surface area contributed by atoms with E-state index in [1.54, 1.807) is 0 Å². The molecule has 8 heteroatoms. The van der Waals surface area contributed by atoms with Crippen LogP contribution >= 0.6 is 0 Å². The summed E-state index contributed by atoms with van der Waals surface area (Å²) in [6.45, 7) is 7.95. The van der Waals surface area contributed by atoms with Gasteiger partial charge in [-0.05, 0) is 20.3 Å². The minimum absolute atomic E-state index is 0.114. The Morgan fingerprint density at radius 2 is 2.12 bits per heavy atom. The van der Waals surface area contributed by atoms with Crippen molar-refractivity contribution in [3.8, 4) is 0 Å². The van der Waals surface area contributed by atoms with E-state index in [0.29, 0.717) is 51.1 Å². The molecule has 1 aromatic heterocycles. The molecule has 1 atom stereocenters. The van der Waals surface area contributed by atoms with Crippen LogP contribution in [0.15, 0.2) is 0 Å². The standard InChI is InChI=1S/C18H29N5O3/c1-4-5-13(2)23-12-18(26-17(23)25)8-10-22(11-9-18)16(24)7-6-15-19-14(3)20-21-15/h13H,4-12H2,1-3H3,(H,19,20,21)/t13-/m0/s1. The number of ether oxygens (including phenoxy) is 1. The van der Waals surface area contributed by atoms with Crippen molar-refractivity contribution in [1.82, 2.24) is 25.0 Å². The zero-order valence-electron chi connectivity index (χ0n) is 16.0. The highest BCUT2D eigenvalue weighted by atomic mass is 16.6. The summed E-state index contributed by atoms with van der Waals surface area (Å²) in [5, 5.41) is 6.86. The van der Waals surface area contributed by atoms with E-state index < -0.39 is 5.60 Å². The minimum Gasteiger partial charge on any atom is -0.441 e. The van der Waals surface area contributed by atoms with E-state index in [0.717, 1.165) is 18.7 Å². The third-order valence-corrected chi connectivity index (χ3v) is 5.47. The van der Waals surface area contributed by atoms with E-state index in [9.17, 15) is 9.59 Å². The molecule has 2 fully saturated rings. The smallest absolute Gasteiger partial charge is 0.410 e. The van der Waals surface area contributed by atoms with Gasteiger partial charge < -0.3 is 14.5 Å². The molecule has 0 unspecified atom stereocenters. The van der Waals surface area contributed by atoms with Crippen LogP contribution in [-0.2, 0) is 16.0 Å². The molecule has 2 amide bonds. The molecule has 0 saturated carbocycles. The van der Waals surface area contributed by atoms with Gasteiger partial charge >= 0.3 is 6.09 Å². The number of H-pyrrole nitrogens is 1. The summed E-state index contributed by atoms with van der Waals surface area (Å²) in [5.74, 6) is 1.55. The molecule has 8 nitrogen and oxygen atoms in total. The van der Waals surface area contributed by atoms with Crippen molar-refractivity contribution in [2.24, 2.45) is 0 Å². The second kappa shape index (κ2) is 7.63. The van der Waals surface area contributed by atoms with Crippen LogP contribution in [0, 0.1) is 6.92 Å². The molecule has 0 aliphatic carbocycles. The van der Waals surface area contributed by atoms with Gasteiger partial charge in [-0.3, -0.25) is 9.89 Å². The Hall–Kier alpha value is -2.12. The van der Waals surface area contributed by atoms with E-state index in [1.165, 1.54) is 0 Å². The molecule has 3 heterocycles. The Morgan fingerprint density at radius 3 is 2.73 bits per heavy atom. The predicted octanol–water partition coefficient (Wildman–Crippen LogP) is 2.05. The number of amides is 2. The summed E-state index contributed by atoms with van der Waals surface area (Å²) in [6, 6.07) is 0.205. The van der Waals surface area contributed by atoms with Gasteiger partial charge in [0.2, 0.25) is 5.91 Å². The van der Waals surface area contributed by atoms with Crippen LogP contribution in [-0.4, -0.2) is 68.3 Å². The summed E-state index contributed by atoms with van der Waals surface area (Å²) in [5.41, 5.74) is -0.420. The number of rotatable bonds is 6. The van der Waals surface area contributed by atoms with E-state index >= 15 is 0 Å². The van der Waals surface area contributed by atoms with Crippen molar-refractivity contribution >= 4 is 12.0 Å². The van der Waals surface area contributed by atoms with E-state index in [2.05, 4.69) is 29.0 Å². The van der Waals surface area contributed by atoms with Gasteiger partial charge in [0.15, 0.2) is 5.82 Å². The van der Waals surface area contributed by atoms with E-state index in [-0.39, 0.29) is 18.0 Å². The second-order valence-electron chi connectivity index (χ2n) is 7.53. The number of carbonyl (C=O) groups excluding carboxylic acids is 2. The Labute approximate surface area is 154 Å². The SMILES string of the molecule is CCC[C@H](C)N1CC2(CCN(C(=O)CCc3n[nH]c(C)n3)CC2)OC1=O. The Bertz CT molecular complexity index is 651. The number of aryl methyl sites for hydroxylation is 2. The van der Waals surface area contributed by atoms with Gasteiger partial charge in [0.05, 0.1) is 6.54 Å². The molecule has 3 rings (SSSR count). The molecule has 1 spiro atoms. The summed E-state index contributed by atoms with van der Waals surface area (Å²) < 4.78 is 5.75. The number of piperidine rings is 1. The number of likely N-dealkylation sites (tertiary alicyclic amines) is 1. The first-order valence-corrected chi connectivity index (χ1v) is 9.58. The van der Waals surface area contributed by atoms with Gasteiger partial charge in [0.25, 0.3) is 0 Å². The number of aromatic nitrogens is 3. The Morgan fingerprint density at radius 1 is 1.38 bits per heavy atom. The normalized spacial score (nSPS) is 20.5. The van der Waals surface area contributed by atoms with Crippen LogP contribution in [0.3, 0.4) is 0 Å². The monoisotopic (exact) mass is 363 g/mol. The fraction of sp³-hybridized carbons (Fsp3) is 0.778. The van der Waals surface area contributed by atoms with E-state index in [4.69, 9.17) is 4.74 Å². The summed E-state index contributed by atoms with van der Waals surface area (Å²) in [4.78, 5) is 32.7. The third kappa shape index (κ3) is 3.99. The number of nitrogens with zero attached hydrogens (tertiary/aromatic N) is 4. The van der Waals surface area contributed by atoms with Crippen molar-refractivity contribution in [3.63, 3.8) is 0 Å². The van der Waals surface area contributed by atoms with Crippen molar-refractivity contribution in [3.05, 3.63) is 11.6 Å². The van der Waals surface area contributed by atoms with Crippen LogP contribution in [0.5, 0.6) is 0 Å². The summed E-state index contributed by atoms with van der Waals surface area (Å²) >= 11 is 0. The highest BCUT2D eigenvalue weighted by molar-refractivity contribution is 5.76. The zero-order chi connectivity index (χ0) is 18.7. The highest BCUT2D eigenvalue weighted by Gasteiger charge is 2.48. The van der Waals surface area contributed by atoms with Crippen molar-refractivity contribution in [2.75, 3.05) is 19.6 Å². The van der Waals surface area contributed by atoms with Gasteiger partial charge in [0.1, 0.15) is 11.4 Å². The molecule has 0 radical (unpaired) electrons. The molecule has 144 valence electrons. The van der Waals surface area contributed by atoms with Crippen LogP contribution in [0.25, 0.3) is 0 Å². The molecule has 0 bridgehead atoms. The number of hydrogen-bond acceptors (Lipinski definition) is 5. The van der Waals surface area contributed by atoms with Gasteiger partial charge in [-0.2, -0.15) is 5.10 Å². The lowest BCUT2D eigenvalue weighted by atomic mass is 9.90. The van der Waals surface area contributed by atoms with Gasteiger partial charge in [0, 0.05) is 44.8 Å². The molecule has 1 aromatic rings. The van der Waals surface area contributed by atoms with Gasteiger partial charge in [-0.25, -0.2) is 9.78 Å². The maximum absolute atomic E-state index is 12.4. The Balaban J connectivity index is 1.49. The van der Waals surface area contributed by atoms with Crippen LogP contribution < -0.4 is 0 Å². The average Bonchev–Trinajstić information content (AvgIpc) is 3.17. The molecular weight excluding hydrogens is 334 g/mol. The number of aromatic amines is 1. The third-order valence-electron chi connectivity index (χ3n) is 5.47. The lowest BCUT2D eigenvalue weighted by molar-refractivity contribution is -0.134. The van der Waals surface area contributed by atoms with Gasteiger partial charge in [-0.1, -0.05) is 13.3 Å².